The van der Waals surface area contributed by atoms with Gasteiger partial charge in [0.25, 0.3) is 5.91 Å². The second-order valence-corrected chi connectivity index (χ2v) is 7.92. The van der Waals surface area contributed by atoms with Crippen LogP contribution in [0.1, 0.15) is 18.1 Å². The number of rotatable bonds is 4. The van der Waals surface area contributed by atoms with Crippen molar-refractivity contribution in [2.24, 2.45) is 0 Å². The van der Waals surface area contributed by atoms with E-state index in [1.807, 2.05) is 60.7 Å². The van der Waals surface area contributed by atoms with Crippen LogP contribution in [0.5, 0.6) is 5.75 Å². The van der Waals surface area contributed by atoms with E-state index in [4.69, 9.17) is 4.74 Å². The van der Waals surface area contributed by atoms with Gasteiger partial charge in [0.15, 0.2) is 0 Å². The topological polar surface area (TPSA) is 58.6 Å². The van der Waals surface area contributed by atoms with Gasteiger partial charge in [-0.25, -0.2) is 4.79 Å². The molecular weight excluding hydrogens is 420 g/mol. The molecule has 0 bridgehead atoms. The van der Waals surface area contributed by atoms with Gasteiger partial charge in [-0.05, 0) is 59.2 Å². The number of hydrogen-bond donors (Lipinski definition) is 1. The van der Waals surface area contributed by atoms with Gasteiger partial charge in [-0.15, -0.1) is 0 Å². The molecule has 3 aromatic rings. The number of hydrogen-bond acceptors (Lipinski definition) is 3. The normalized spacial score (nSPS) is 19.2. The molecule has 1 aliphatic rings. The maximum absolute atomic E-state index is 13.2. The standard InChI is InChI=1S/C22H19BrN2O3/c1-22(17-8-6-16-12-19(28-2)9-7-15(16)11-17)20(26)25(21(27)24-22)13-14-4-3-5-18(23)10-14/h3-12H,13H2,1-2H3,(H,24,27)/t22-/m0/s1. The highest BCUT2D eigenvalue weighted by molar-refractivity contribution is 9.10. The van der Waals surface area contributed by atoms with Gasteiger partial charge < -0.3 is 10.1 Å². The summed E-state index contributed by atoms with van der Waals surface area (Å²) in [7, 11) is 1.63. The first kappa shape index (κ1) is 18.5. The highest BCUT2D eigenvalue weighted by Gasteiger charge is 2.48. The van der Waals surface area contributed by atoms with Crippen molar-refractivity contribution in [2.45, 2.75) is 19.0 Å². The maximum Gasteiger partial charge on any atom is 0.325 e. The molecular formula is C22H19BrN2O3. The zero-order valence-electron chi connectivity index (χ0n) is 15.5. The number of benzene rings is 3. The van der Waals surface area contributed by atoms with Crippen molar-refractivity contribution >= 4 is 38.6 Å². The molecule has 1 heterocycles. The van der Waals surface area contributed by atoms with Gasteiger partial charge in [0.2, 0.25) is 0 Å². The molecule has 4 rings (SSSR count). The van der Waals surface area contributed by atoms with Crippen LogP contribution in [0.2, 0.25) is 0 Å². The number of imide groups is 1. The van der Waals surface area contributed by atoms with Crippen molar-refractivity contribution in [1.29, 1.82) is 0 Å². The summed E-state index contributed by atoms with van der Waals surface area (Å²) < 4.78 is 6.17. The lowest BCUT2D eigenvalue weighted by atomic mass is 9.90. The van der Waals surface area contributed by atoms with E-state index in [1.165, 1.54) is 4.90 Å². The number of halogens is 1. The zero-order valence-corrected chi connectivity index (χ0v) is 17.1. The molecule has 1 atom stereocenters. The quantitative estimate of drug-likeness (QED) is 0.606. The van der Waals surface area contributed by atoms with Crippen LogP contribution in [0.4, 0.5) is 4.79 Å². The molecule has 0 aliphatic carbocycles. The second kappa shape index (κ2) is 6.95. The number of methoxy groups -OCH3 is 1. The monoisotopic (exact) mass is 438 g/mol. The Morgan fingerprint density at radius 2 is 1.79 bits per heavy atom. The summed E-state index contributed by atoms with van der Waals surface area (Å²) in [5, 5.41) is 4.86. The van der Waals surface area contributed by atoms with E-state index in [9.17, 15) is 9.59 Å². The molecule has 6 heteroatoms. The minimum atomic E-state index is -1.10. The summed E-state index contributed by atoms with van der Waals surface area (Å²) in [5.74, 6) is 0.516. The van der Waals surface area contributed by atoms with Crippen LogP contribution in [0.3, 0.4) is 0 Å². The van der Waals surface area contributed by atoms with Crippen molar-refractivity contribution in [2.75, 3.05) is 7.11 Å². The number of amides is 3. The number of nitrogens with zero attached hydrogens (tertiary/aromatic N) is 1. The predicted molar refractivity (Wildman–Crippen MR) is 111 cm³/mol. The first-order valence-corrected chi connectivity index (χ1v) is 9.67. The number of carbonyl (C=O) groups is 2. The Bertz CT molecular complexity index is 1100. The Morgan fingerprint density at radius 1 is 1.04 bits per heavy atom. The first-order valence-electron chi connectivity index (χ1n) is 8.87. The van der Waals surface area contributed by atoms with E-state index in [2.05, 4.69) is 21.2 Å². The van der Waals surface area contributed by atoms with Crippen molar-refractivity contribution in [3.8, 4) is 5.75 Å². The Morgan fingerprint density at radius 3 is 2.54 bits per heavy atom. The van der Waals surface area contributed by atoms with Gasteiger partial charge >= 0.3 is 6.03 Å². The van der Waals surface area contributed by atoms with E-state index in [-0.39, 0.29) is 18.5 Å². The molecule has 0 spiro atoms. The molecule has 142 valence electrons. The summed E-state index contributed by atoms with van der Waals surface area (Å²) in [6.45, 7) is 1.98. The number of urea groups is 1. The van der Waals surface area contributed by atoms with E-state index >= 15 is 0 Å². The minimum Gasteiger partial charge on any atom is -0.497 e. The highest BCUT2D eigenvalue weighted by atomic mass is 79.9. The van der Waals surface area contributed by atoms with Gasteiger partial charge in [-0.3, -0.25) is 9.69 Å². The fourth-order valence-corrected chi connectivity index (χ4v) is 3.96. The Labute approximate surface area is 171 Å². The largest absolute Gasteiger partial charge is 0.497 e. The number of ether oxygens (including phenoxy) is 1. The lowest BCUT2D eigenvalue weighted by Gasteiger charge is -2.23. The van der Waals surface area contributed by atoms with Crippen LogP contribution < -0.4 is 10.1 Å². The molecule has 0 aromatic heterocycles. The number of carbonyl (C=O) groups excluding carboxylic acids is 2. The smallest absolute Gasteiger partial charge is 0.325 e. The molecule has 5 nitrogen and oxygen atoms in total. The lowest BCUT2D eigenvalue weighted by molar-refractivity contribution is -0.131. The molecule has 3 amide bonds. The summed E-state index contributed by atoms with van der Waals surface area (Å²) in [6, 6.07) is 18.7. The molecule has 1 saturated heterocycles. The van der Waals surface area contributed by atoms with Crippen molar-refractivity contribution in [3.63, 3.8) is 0 Å². The summed E-state index contributed by atoms with van der Waals surface area (Å²) in [4.78, 5) is 27.0. The average molecular weight is 439 g/mol. The van der Waals surface area contributed by atoms with Gasteiger partial charge in [-0.2, -0.15) is 0 Å². The van der Waals surface area contributed by atoms with Crippen molar-refractivity contribution in [3.05, 3.63) is 76.3 Å². The highest BCUT2D eigenvalue weighted by Crippen LogP contribution is 2.32. The van der Waals surface area contributed by atoms with Crippen LogP contribution >= 0.6 is 15.9 Å². The maximum atomic E-state index is 13.2. The van der Waals surface area contributed by atoms with Gasteiger partial charge in [0, 0.05) is 4.47 Å². The third-order valence-corrected chi connectivity index (χ3v) is 5.62. The molecule has 1 fully saturated rings. The van der Waals surface area contributed by atoms with Gasteiger partial charge in [0.05, 0.1) is 13.7 Å². The predicted octanol–water partition coefficient (Wildman–Crippen LogP) is 4.58. The first-order chi connectivity index (χ1) is 13.4. The third-order valence-electron chi connectivity index (χ3n) is 5.13. The van der Waals surface area contributed by atoms with Crippen molar-refractivity contribution < 1.29 is 14.3 Å². The molecule has 1 aliphatic heterocycles. The molecule has 0 saturated carbocycles. The zero-order chi connectivity index (χ0) is 19.9. The van der Waals surface area contributed by atoms with Crippen LogP contribution in [0.15, 0.2) is 65.1 Å². The SMILES string of the molecule is COc1ccc2cc([C@]3(C)NC(=O)N(Cc4cccc(Br)c4)C3=O)ccc2c1. The molecule has 1 N–H and O–H groups in total. The number of fused-ring (bicyclic) bond motifs is 1. The van der Waals surface area contributed by atoms with Crippen molar-refractivity contribution in [1.82, 2.24) is 10.2 Å². The van der Waals surface area contributed by atoms with E-state index in [1.54, 1.807) is 14.0 Å². The Balaban J connectivity index is 1.66. The Hall–Kier alpha value is -2.86. The Kier molecular flexibility index (Phi) is 4.59. The average Bonchev–Trinajstić information content (AvgIpc) is 2.91. The van der Waals surface area contributed by atoms with Gasteiger partial charge in [-0.1, -0.05) is 46.3 Å². The third kappa shape index (κ3) is 3.14. The van der Waals surface area contributed by atoms with E-state index < -0.39 is 5.54 Å². The molecule has 28 heavy (non-hydrogen) atoms. The molecule has 0 radical (unpaired) electrons. The van der Waals surface area contributed by atoms with E-state index in [0.29, 0.717) is 0 Å². The van der Waals surface area contributed by atoms with Crippen LogP contribution in [-0.4, -0.2) is 23.9 Å². The fraction of sp³-hybridized carbons (Fsp3) is 0.182. The van der Waals surface area contributed by atoms with Crippen LogP contribution in [0, 0.1) is 0 Å². The lowest BCUT2D eigenvalue weighted by Crippen LogP contribution is -2.40. The molecule has 3 aromatic carbocycles. The van der Waals surface area contributed by atoms with E-state index in [0.717, 1.165) is 32.1 Å². The molecule has 0 unspecified atom stereocenters. The number of nitrogens with one attached hydrogen (secondary N) is 1. The van der Waals surface area contributed by atoms with Crippen LogP contribution in [0.25, 0.3) is 10.8 Å². The summed E-state index contributed by atoms with van der Waals surface area (Å²) >= 11 is 3.42. The minimum absolute atomic E-state index is 0.227. The summed E-state index contributed by atoms with van der Waals surface area (Å²) in [6.07, 6.45) is 0. The van der Waals surface area contributed by atoms with Gasteiger partial charge in [0.1, 0.15) is 11.3 Å². The van der Waals surface area contributed by atoms with Crippen LogP contribution in [-0.2, 0) is 16.9 Å². The fourth-order valence-electron chi connectivity index (χ4n) is 3.52. The second-order valence-electron chi connectivity index (χ2n) is 7.00. The summed E-state index contributed by atoms with van der Waals surface area (Å²) in [5.41, 5.74) is 0.532.